The third-order valence-electron chi connectivity index (χ3n) is 4.69. The molecule has 5 rings (SSSR count). The molecule has 0 bridgehead atoms. The van der Waals surface area contributed by atoms with E-state index in [-0.39, 0.29) is 5.91 Å². The monoisotopic (exact) mass is 430 g/mol. The Balaban J connectivity index is 1.34. The van der Waals surface area contributed by atoms with Crippen LogP contribution in [0.1, 0.15) is 21.6 Å². The number of anilines is 1. The van der Waals surface area contributed by atoms with E-state index in [1.54, 1.807) is 11.8 Å². The first kappa shape index (κ1) is 18.8. The summed E-state index contributed by atoms with van der Waals surface area (Å²) in [6.45, 7) is 2.05. The van der Waals surface area contributed by atoms with Crippen LogP contribution in [0.3, 0.4) is 0 Å². The van der Waals surface area contributed by atoms with E-state index in [2.05, 4.69) is 21.4 Å². The predicted octanol–water partition coefficient (Wildman–Crippen LogP) is 5.80. The number of aryl methyl sites for hydroxylation is 1. The van der Waals surface area contributed by atoms with Crippen LogP contribution in [0.2, 0.25) is 0 Å². The van der Waals surface area contributed by atoms with Gasteiger partial charge in [0.05, 0.1) is 21.5 Å². The van der Waals surface area contributed by atoms with Crippen LogP contribution in [-0.4, -0.2) is 20.3 Å². The van der Waals surface area contributed by atoms with Crippen molar-refractivity contribution in [1.82, 2.24) is 14.4 Å². The molecule has 1 N–H and O–H groups in total. The minimum Gasteiger partial charge on any atom is -0.307 e. The number of thioether (sulfide) groups is 1. The molecule has 3 heterocycles. The Bertz CT molecular complexity index is 1340. The zero-order valence-corrected chi connectivity index (χ0v) is 17.8. The maximum absolute atomic E-state index is 13.0. The van der Waals surface area contributed by atoms with E-state index < -0.39 is 0 Å². The molecule has 30 heavy (non-hydrogen) atoms. The number of nitrogens with one attached hydrogen (secondary N) is 1. The number of aromatic nitrogens is 3. The molecule has 0 aliphatic carbocycles. The van der Waals surface area contributed by atoms with Gasteiger partial charge in [0, 0.05) is 23.0 Å². The van der Waals surface area contributed by atoms with Crippen molar-refractivity contribution in [2.75, 3.05) is 5.32 Å². The van der Waals surface area contributed by atoms with Crippen LogP contribution in [0.4, 0.5) is 5.13 Å². The largest absolute Gasteiger partial charge is 0.307 e. The van der Waals surface area contributed by atoms with E-state index in [1.165, 1.54) is 16.9 Å². The molecular formula is C23H18N4OS2. The Morgan fingerprint density at radius 3 is 2.87 bits per heavy atom. The summed E-state index contributed by atoms with van der Waals surface area (Å²) in [5.74, 6) is 0.538. The van der Waals surface area contributed by atoms with Gasteiger partial charge in [-0.3, -0.25) is 10.1 Å². The number of carbonyl (C=O) groups is 1. The molecule has 0 aliphatic rings. The lowest BCUT2D eigenvalue weighted by Crippen LogP contribution is -2.12. The zero-order valence-electron chi connectivity index (χ0n) is 16.2. The van der Waals surface area contributed by atoms with Crippen molar-refractivity contribution in [1.29, 1.82) is 0 Å². The molecule has 7 heteroatoms. The predicted molar refractivity (Wildman–Crippen MR) is 124 cm³/mol. The van der Waals surface area contributed by atoms with E-state index >= 15 is 0 Å². The van der Waals surface area contributed by atoms with Gasteiger partial charge in [0.25, 0.3) is 5.91 Å². The minimum atomic E-state index is -0.149. The van der Waals surface area contributed by atoms with Crippen LogP contribution >= 0.6 is 23.1 Å². The van der Waals surface area contributed by atoms with Crippen molar-refractivity contribution in [3.8, 4) is 0 Å². The van der Waals surface area contributed by atoms with Crippen molar-refractivity contribution in [3.05, 3.63) is 89.9 Å². The fourth-order valence-corrected chi connectivity index (χ4v) is 5.13. The van der Waals surface area contributed by atoms with Gasteiger partial charge in [0.2, 0.25) is 0 Å². The van der Waals surface area contributed by atoms with Crippen LogP contribution in [0.15, 0.2) is 78.0 Å². The summed E-state index contributed by atoms with van der Waals surface area (Å²) < 4.78 is 3.07. The lowest BCUT2D eigenvalue weighted by atomic mass is 10.2. The van der Waals surface area contributed by atoms with Gasteiger partial charge >= 0.3 is 0 Å². The highest BCUT2D eigenvalue weighted by molar-refractivity contribution is 7.98. The zero-order chi connectivity index (χ0) is 20.5. The van der Waals surface area contributed by atoms with Gasteiger partial charge in [0.15, 0.2) is 5.13 Å². The number of amides is 1. The molecule has 0 radical (unpaired) electrons. The average molecular weight is 431 g/mol. The van der Waals surface area contributed by atoms with Crippen molar-refractivity contribution in [2.45, 2.75) is 17.6 Å². The molecule has 0 saturated heterocycles. The Labute approximate surface area is 181 Å². The highest BCUT2D eigenvalue weighted by Crippen LogP contribution is 2.29. The summed E-state index contributed by atoms with van der Waals surface area (Å²) in [4.78, 5) is 23.0. The van der Waals surface area contributed by atoms with E-state index in [4.69, 9.17) is 0 Å². The molecule has 2 aromatic carbocycles. The molecule has 0 atom stereocenters. The third-order valence-corrected chi connectivity index (χ3v) is 6.73. The lowest BCUT2D eigenvalue weighted by Gasteiger charge is -2.07. The van der Waals surface area contributed by atoms with Gasteiger partial charge in [-0.05, 0) is 48.9 Å². The molecular weight excluding hydrogens is 412 g/mol. The van der Waals surface area contributed by atoms with Gasteiger partial charge in [-0.2, -0.15) is 0 Å². The summed E-state index contributed by atoms with van der Waals surface area (Å²) >= 11 is 3.10. The summed E-state index contributed by atoms with van der Waals surface area (Å²) in [5.41, 5.74) is 4.61. The Morgan fingerprint density at radius 2 is 1.97 bits per heavy atom. The number of hydrogen-bond donors (Lipinski definition) is 1. The summed E-state index contributed by atoms with van der Waals surface area (Å²) in [6.07, 6.45) is 4.01. The molecule has 5 aromatic rings. The molecule has 0 fully saturated rings. The smallest absolute Gasteiger partial charge is 0.258 e. The normalized spacial score (nSPS) is 11.2. The molecule has 0 spiro atoms. The molecule has 148 valence electrons. The second-order valence-electron chi connectivity index (χ2n) is 6.93. The topological polar surface area (TPSA) is 59.3 Å². The van der Waals surface area contributed by atoms with E-state index in [0.717, 1.165) is 26.5 Å². The van der Waals surface area contributed by atoms with Gasteiger partial charge in [0.1, 0.15) is 5.65 Å². The molecule has 3 aromatic heterocycles. The van der Waals surface area contributed by atoms with Gasteiger partial charge in [-0.15, -0.1) is 11.8 Å². The minimum absolute atomic E-state index is 0.149. The SMILES string of the molecule is Cc1ccc2nc(NC(=O)c3ccccc3SCc3cn4ccccc4n3)sc2c1. The molecule has 0 aliphatic heterocycles. The number of carbonyl (C=O) groups excluding carboxylic acids is 1. The van der Waals surface area contributed by atoms with Crippen molar-refractivity contribution < 1.29 is 4.79 Å². The number of nitrogens with zero attached hydrogens (tertiary/aromatic N) is 3. The van der Waals surface area contributed by atoms with Crippen molar-refractivity contribution in [2.24, 2.45) is 0 Å². The van der Waals surface area contributed by atoms with Crippen LogP contribution < -0.4 is 5.32 Å². The van der Waals surface area contributed by atoms with Crippen molar-refractivity contribution in [3.63, 3.8) is 0 Å². The Kier molecular flexibility index (Phi) is 4.98. The van der Waals surface area contributed by atoms with Crippen LogP contribution in [0.5, 0.6) is 0 Å². The van der Waals surface area contributed by atoms with Crippen LogP contribution in [0.25, 0.3) is 15.9 Å². The van der Waals surface area contributed by atoms with Gasteiger partial charge < -0.3 is 4.40 Å². The fraction of sp³-hybridized carbons (Fsp3) is 0.0870. The van der Waals surface area contributed by atoms with Crippen LogP contribution in [0, 0.1) is 6.92 Å². The first-order valence-corrected chi connectivity index (χ1v) is 11.3. The van der Waals surface area contributed by atoms with Crippen molar-refractivity contribution >= 4 is 50.0 Å². The standard InChI is InChI=1S/C23H18N4OS2/c1-15-9-10-18-20(12-15)30-23(25-18)26-22(28)17-6-2-3-7-19(17)29-14-16-13-27-11-5-4-8-21(27)24-16/h2-13H,14H2,1H3,(H,25,26,28). The number of hydrogen-bond acceptors (Lipinski definition) is 5. The summed E-state index contributed by atoms with van der Waals surface area (Å²) in [7, 11) is 0. The quantitative estimate of drug-likeness (QED) is 0.358. The number of imidazole rings is 1. The highest BCUT2D eigenvalue weighted by atomic mass is 32.2. The molecule has 0 unspecified atom stereocenters. The van der Waals surface area contributed by atoms with Gasteiger partial charge in [-0.1, -0.05) is 35.6 Å². The molecule has 5 nitrogen and oxygen atoms in total. The molecule has 1 amide bonds. The maximum atomic E-state index is 13.0. The van der Waals surface area contributed by atoms with E-state index in [1.807, 2.05) is 78.3 Å². The summed E-state index contributed by atoms with van der Waals surface area (Å²) in [6, 6.07) is 19.7. The highest BCUT2D eigenvalue weighted by Gasteiger charge is 2.14. The number of benzene rings is 2. The van der Waals surface area contributed by atoms with Gasteiger partial charge in [-0.25, -0.2) is 9.97 Å². The second-order valence-corrected chi connectivity index (χ2v) is 8.98. The van der Waals surface area contributed by atoms with E-state index in [9.17, 15) is 4.79 Å². The van der Waals surface area contributed by atoms with E-state index in [0.29, 0.717) is 16.4 Å². The maximum Gasteiger partial charge on any atom is 0.258 e. The Morgan fingerprint density at radius 1 is 1.10 bits per heavy atom. The average Bonchev–Trinajstić information content (AvgIpc) is 3.35. The summed E-state index contributed by atoms with van der Waals surface area (Å²) in [5, 5.41) is 3.57. The lowest BCUT2D eigenvalue weighted by molar-refractivity contribution is 0.102. The number of pyridine rings is 1. The first-order valence-electron chi connectivity index (χ1n) is 9.49. The number of fused-ring (bicyclic) bond motifs is 2. The second kappa shape index (κ2) is 7.93. The fourth-order valence-electron chi connectivity index (χ4n) is 3.24. The number of thiazole rings is 1. The Hall–Kier alpha value is -3.16. The number of rotatable bonds is 5. The third kappa shape index (κ3) is 3.81. The molecule has 0 saturated carbocycles. The van der Waals surface area contributed by atoms with Crippen LogP contribution in [-0.2, 0) is 5.75 Å². The first-order chi connectivity index (χ1) is 14.7.